The molecule has 2 aliphatic rings. The van der Waals surface area contributed by atoms with Crippen LogP contribution in [0.5, 0.6) is 0 Å². The van der Waals surface area contributed by atoms with E-state index in [1.807, 2.05) is 29.2 Å². The van der Waals surface area contributed by atoms with E-state index in [9.17, 15) is 9.59 Å². The molecule has 3 rings (SSSR count). The summed E-state index contributed by atoms with van der Waals surface area (Å²) in [4.78, 5) is 28.0. The Kier molecular flexibility index (Phi) is 6.77. The molecular formula is C21H29ClN2O3. The van der Waals surface area contributed by atoms with Gasteiger partial charge < -0.3 is 15.0 Å². The summed E-state index contributed by atoms with van der Waals surface area (Å²) in [5.74, 6) is 0.409. The molecule has 1 aliphatic heterocycles. The van der Waals surface area contributed by atoms with Crippen molar-refractivity contribution in [3.63, 3.8) is 0 Å². The lowest BCUT2D eigenvalue weighted by molar-refractivity contribution is -0.140. The molecular weight excluding hydrogens is 364 g/mol. The van der Waals surface area contributed by atoms with Crippen LogP contribution in [0.2, 0.25) is 5.02 Å². The SMILES string of the molecule is CC(C)C[C@@H](NC(=O)C(c1ccc(Cl)cc1)C1CC1)C(=O)N1CCOCC1. The van der Waals surface area contributed by atoms with Gasteiger partial charge in [0.25, 0.3) is 0 Å². The molecule has 1 aromatic carbocycles. The van der Waals surface area contributed by atoms with Gasteiger partial charge in [-0.3, -0.25) is 9.59 Å². The van der Waals surface area contributed by atoms with Gasteiger partial charge in [0.05, 0.1) is 19.1 Å². The zero-order chi connectivity index (χ0) is 19.4. The van der Waals surface area contributed by atoms with Crippen LogP contribution in [0.4, 0.5) is 0 Å². The maximum absolute atomic E-state index is 13.1. The molecule has 6 heteroatoms. The largest absolute Gasteiger partial charge is 0.378 e. The Labute approximate surface area is 166 Å². The van der Waals surface area contributed by atoms with Crippen LogP contribution in [0.1, 0.15) is 44.6 Å². The number of carbonyl (C=O) groups excluding carboxylic acids is 2. The first kappa shape index (κ1) is 20.2. The van der Waals surface area contributed by atoms with Crippen molar-refractivity contribution < 1.29 is 14.3 Å². The van der Waals surface area contributed by atoms with Gasteiger partial charge in [-0.05, 0) is 48.8 Å². The number of hydrogen-bond acceptors (Lipinski definition) is 3. The van der Waals surface area contributed by atoms with Gasteiger partial charge >= 0.3 is 0 Å². The first-order valence-electron chi connectivity index (χ1n) is 9.88. The second kappa shape index (κ2) is 9.07. The fraction of sp³-hybridized carbons (Fsp3) is 0.619. The zero-order valence-corrected chi connectivity index (χ0v) is 16.9. The molecule has 2 atom stereocenters. The average Bonchev–Trinajstić information content (AvgIpc) is 3.48. The third-order valence-electron chi connectivity index (χ3n) is 5.25. The van der Waals surface area contributed by atoms with Gasteiger partial charge in [0, 0.05) is 18.1 Å². The highest BCUT2D eigenvalue weighted by Gasteiger charge is 2.39. The highest BCUT2D eigenvalue weighted by molar-refractivity contribution is 6.30. The minimum absolute atomic E-state index is 0.00556. The van der Waals surface area contributed by atoms with Gasteiger partial charge in [-0.25, -0.2) is 0 Å². The number of benzene rings is 1. The van der Waals surface area contributed by atoms with Crippen molar-refractivity contribution in [3.05, 3.63) is 34.9 Å². The number of amides is 2. The Morgan fingerprint density at radius 2 is 1.81 bits per heavy atom. The van der Waals surface area contributed by atoms with Gasteiger partial charge in [-0.2, -0.15) is 0 Å². The second-order valence-corrected chi connectivity index (χ2v) is 8.43. The normalized spacial score (nSPS) is 19.6. The van der Waals surface area contributed by atoms with Crippen LogP contribution in [0.3, 0.4) is 0 Å². The van der Waals surface area contributed by atoms with Crippen LogP contribution >= 0.6 is 11.6 Å². The van der Waals surface area contributed by atoms with Crippen LogP contribution in [0, 0.1) is 11.8 Å². The molecule has 1 aromatic rings. The van der Waals surface area contributed by atoms with E-state index < -0.39 is 6.04 Å². The van der Waals surface area contributed by atoms with Crippen molar-refractivity contribution >= 4 is 23.4 Å². The van der Waals surface area contributed by atoms with Crippen LogP contribution in [0.15, 0.2) is 24.3 Å². The molecule has 1 saturated carbocycles. The van der Waals surface area contributed by atoms with Gasteiger partial charge in [0.15, 0.2) is 0 Å². The molecule has 5 nitrogen and oxygen atoms in total. The van der Waals surface area contributed by atoms with Crippen LogP contribution in [-0.2, 0) is 14.3 Å². The predicted molar refractivity (Wildman–Crippen MR) is 106 cm³/mol. The van der Waals surface area contributed by atoms with E-state index in [-0.39, 0.29) is 17.7 Å². The Morgan fingerprint density at radius 3 is 2.37 bits per heavy atom. The molecule has 1 unspecified atom stereocenters. The molecule has 0 radical (unpaired) electrons. The highest BCUT2D eigenvalue weighted by Crippen LogP contribution is 2.43. The number of halogens is 1. The lowest BCUT2D eigenvalue weighted by atomic mass is 9.92. The van der Waals surface area contributed by atoms with E-state index in [4.69, 9.17) is 16.3 Å². The van der Waals surface area contributed by atoms with Crippen LogP contribution < -0.4 is 5.32 Å². The number of nitrogens with zero attached hydrogens (tertiary/aromatic N) is 1. The number of carbonyl (C=O) groups is 2. The van der Waals surface area contributed by atoms with E-state index in [2.05, 4.69) is 19.2 Å². The monoisotopic (exact) mass is 392 g/mol. The Bertz CT molecular complexity index is 652. The van der Waals surface area contributed by atoms with E-state index in [0.29, 0.717) is 49.6 Å². The number of morpholine rings is 1. The lowest BCUT2D eigenvalue weighted by Gasteiger charge is -2.32. The Morgan fingerprint density at radius 1 is 1.19 bits per heavy atom. The van der Waals surface area contributed by atoms with Gasteiger partial charge in [-0.15, -0.1) is 0 Å². The highest BCUT2D eigenvalue weighted by atomic mass is 35.5. The summed E-state index contributed by atoms with van der Waals surface area (Å²) in [6.45, 7) is 6.44. The summed E-state index contributed by atoms with van der Waals surface area (Å²) >= 11 is 6.00. The maximum atomic E-state index is 13.1. The van der Waals surface area contributed by atoms with E-state index in [1.54, 1.807) is 0 Å². The molecule has 1 N–H and O–H groups in total. The number of nitrogens with one attached hydrogen (secondary N) is 1. The summed E-state index contributed by atoms with van der Waals surface area (Å²) < 4.78 is 5.35. The van der Waals surface area contributed by atoms with Crippen molar-refractivity contribution in [1.29, 1.82) is 0 Å². The number of hydrogen-bond donors (Lipinski definition) is 1. The van der Waals surface area contributed by atoms with Gasteiger partial charge in [-0.1, -0.05) is 37.6 Å². The molecule has 0 spiro atoms. The predicted octanol–water partition coefficient (Wildman–Crippen LogP) is 3.22. The Balaban J connectivity index is 1.73. The van der Waals surface area contributed by atoms with Gasteiger partial charge in [0.2, 0.25) is 11.8 Å². The first-order chi connectivity index (χ1) is 13.0. The first-order valence-corrected chi connectivity index (χ1v) is 10.3. The van der Waals surface area contributed by atoms with Gasteiger partial charge in [0.1, 0.15) is 6.04 Å². The molecule has 1 saturated heterocycles. The fourth-order valence-corrected chi connectivity index (χ4v) is 3.82. The second-order valence-electron chi connectivity index (χ2n) is 8.00. The molecule has 2 fully saturated rings. The fourth-order valence-electron chi connectivity index (χ4n) is 3.70. The van der Waals surface area contributed by atoms with Crippen molar-refractivity contribution in [1.82, 2.24) is 10.2 Å². The molecule has 0 aromatic heterocycles. The van der Waals surface area contributed by atoms with E-state index >= 15 is 0 Å². The molecule has 148 valence electrons. The topological polar surface area (TPSA) is 58.6 Å². The maximum Gasteiger partial charge on any atom is 0.245 e. The van der Waals surface area contributed by atoms with Crippen LogP contribution in [-0.4, -0.2) is 49.1 Å². The summed E-state index contributed by atoms with van der Waals surface area (Å²) in [5.41, 5.74) is 0.974. The third kappa shape index (κ3) is 5.45. The summed E-state index contributed by atoms with van der Waals surface area (Å²) in [6, 6.07) is 7.01. The minimum atomic E-state index is -0.482. The molecule has 1 heterocycles. The van der Waals surface area contributed by atoms with Crippen molar-refractivity contribution in [2.45, 2.75) is 45.1 Å². The molecule has 27 heavy (non-hydrogen) atoms. The lowest BCUT2D eigenvalue weighted by Crippen LogP contribution is -2.53. The molecule has 2 amide bonds. The standard InChI is InChI=1S/C21H29ClN2O3/c1-14(2)13-18(21(26)24-9-11-27-12-10-24)23-20(25)19(15-3-4-15)16-5-7-17(22)8-6-16/h5-8,14-15,18-19H,3-4,9-13H2,1-2H3,(H,23,25)/t18-,19?/m1/s1. The third-order valence-corrected chi connectivity index (χ3v) is 5.50. The average molecular weight is 393 g/mol. The number of ether oxygens (including phenoxy) is 1. The number of rotatable bonds is 7. The van der Waals surface area contributed by atoms with Crippen molar-refractivity contribution in [2.75, 3.05) is 26.3 Å². The van der Waals surface area contributed by atoms with Crippen molar-refractivity contribution in [2.24, 2.45) is 11.8 Å². The molecule has 1 aliphatic carbocycles. The van der Waals surface area contributed by atoms with E-state index in [0.717, 1.165) is 18.4 Å². The summed E-state index contributed by atoms with van der Waals surface area (Å²) in [5, 5.41) is 3.74. The zero-order valence-electron chi connectivity index (χ0n) is 16.1. The quantitative estimate of drug-likeness (QED) is 0.775. The smallest absolute Gasteiger partial charge is 0.245 e. The molecule has 0 bridgehead atoms. The van der Waals surface area contributed by atoms with Crippen LogP contribution in [0.25, 0.3) is 0 Å². The van der Waals surface area contributed by atoms with Crippen molar-refractivity contribution in [3.8, 4) is 0 Å². The Hall–Kier alpha value is -1.59. The van der Waals surface area contributed by atoms with E-state index in [1.165, 1.54) is 0 Å². The summed E-state index contributed by atoms with van der Waals surface area (Å²) in [7, 11) is 0. The summed E-state index contributed by atoms with van der Waals surface area (Å²) in [6.07, 6.45) is 2.74. The minimum Gasteiger partial charge on any atom is -0.378 e.